The number of fused-ring (bicyclic) bond motifs is 1. The lowest BCUT2D eigenvalue weighted by Crippen LogP contribution is -2.15. The maximum absolute atomic E-state index is 12.8. The van der Waals surface area contributed by atoms with E-state index in [4.69, 9.17) is 0 Å². The second kappa shape index (κ2) is 5.91. The van der Waals surface area contributed by atoms with Crippen molar-refractivity contribution in [3.63, 3.8) is 0 Å². The second-order valence-electron chi connectivity index (χ2n) is 6.30. The minimum absolute atomic E-state index is 0.0650. The lowest BCUT2D eigenvalue weighted by Gasteiger charge is -2.07. The van der Waals surface area contributed by atoms with Gasteiger partial charge in [0.15, 0.2) is 5.65 Å². The number of aromatic nitrogens is 7. The van der Waals surface area contributed by atoms with Crippen molar-refractivity contribution in [2.75, 3.05) is 4.72 Å². The average Bonchev–Trinajstić information content (AvgIpc) is 3.27. The number of rotatable bonds is 4. The third-order valence-corrected chi connectivity index (χ3v) is 5.59. The Morgan fingerprint density at radius 3 is 2.52 bits per heavy atom. The molecule has 0 spiro atoms. The normalized spacial score (nSPS) is 12.0. The molecule has 4 rings (SSSR count). The molecule has 0 saturated heterocycles. The molecule has 0 saturated carbocycles. The molecule has 0 aliphatic rings. The summed E-state index contributed by atoms with van der Waals surface area (Å²) in [5.41, 5.74) is 2.77. The van der Waals surface area contributed by atoms with E-state index in [1.165, 1.54) is 10.9 Å². The van der Waals surface area contributed by atoms with Gasteiger partial charge < -0.3 is 0 Å². The number of aryl methyl sites for hydroxylation is 4. The van der Waals surface area contributed by atoms with Gasteiger partial charge in [0, 0.05) is 50.6 Å². The molecule has 0 radical (unpaired) electrons. The molecular weight excluding hydrogens is 368 g/mol. The SMILES string of the molecule is Cc1nn(C)c2ncc(S(=O)(=O)Nc3cc(-c4cnn(C)c4)nn3C)cc12. The molecule has 0 aliphatic heterocycles. The monoisotopic (exact) mass is 386 g/mol. The van der Waals surface area contributed by atoms with Crippen molar-refractivity contribution >= 4 is 26.9 Å². The fourth-order valence-electron chi connectivity index (χ4n) is 2.89. The molecule has 0 atom stereocenters. The van der Waals surface area contributed by atoms with Crippen molar-refractivity contribution in [3.05, 3.63) is 36.4 Å². The van der Waals surface area contributed by atoms with Gasteiger partial charge in [0.25, 0.3) is 10.0 Å². The smallest absolute Gasteiger partial charge is 0.264 e. The molecule has 0 unspecified atom stereocenters. The van der Waals surface area contributed by atoms with Crippen molar-refractivity contribution in [2.24, 2.45) is 21.1 Å². The first kappa shape index (κ1) is 17.2. The van der Waals surface area contributed by atoms with Gasteiger partial charge in [0.05, 0.1) is 17.6 Å². The Balaban J connectivity index is 1.69. The zero-order valence-electron chi connectivity index (χ0n) is 15.2. The predicted octanol–water partition coefficient (Wildman–Crippen LogP) is 1.21. The Hall–Kier alpha value is -3.21. The van der Waals surface area contributed by atoms with Crippen LogP contribution in [0, 0.1) is 6.92 Å². The van der Waals surface area contributed by atoms with Gasteiger partial charge in [-0.15, -0.1) is 0 Å². The summed E-state index contributed by atoms with van der Waals surface area (Å²) in [4.78, 5) is 4.30. The minimum atomic E-state index is -3.83. The number of hydrogen-bond donors (Lipinski definition) is 1. The van der Waals surface area contributed by atoms with E-state index in [0.717, 1.165) is 11.3 Å². The molecule has 140 valence electrons. The maximum Gasteiger partial charge on any atom is 0.264 e. The average molecular weight is 386 g/mol. The zero-order chi connectivity index (χ0) is 19.3. The van der Waals surface area contributed by atoms with Gasteiger partial charge in [-0.3, -0.25) is 18.8 Å². The van der Waals surface area contributed by atoms with Gasteiger partial charge in [-0.25, -0.2) is 13.4 Å². The first-order valence-electron chi connectivity index (χ1n) is 8.10. The van der Waals surface area contributed by atoms with Crippen LogP contribution in [0.5, 0.6) is 0 Å². The van der Waals surface area contributed by atoms with Crippen molar-refractivity contribution in [2.45, 2.75) is 11.8 Å². The Kier molecular flexibility index (Phi) is 3.77. The first-order valence-corrected chi connectivity index (χ1v) is 9.58. The van der Waals surface area contributed by atoms with E-state index in [-0.39, 0.29) is 4.90 Å². The van der Waals surface area contributed by atoms with Gasteiger partial charge in [0.2, 0.25) is 0 Å². The summed E-state index contributed by atoms with van der Waals surface area (Å²) in [6, 6.07) is 3.24. The number of sulfonamides is 1. The molecule has 0 amide bonds. The van der Waals surface area contributed by atoms with Gasteiger partial charge in [-0.05, 0) is 13.0 Å². The van der Waals surface area contributed by atoms with E-state index in [1.807, 2.05) is 13.1 Å². The summed E-state index contributed by atoms with van der Waals surface area (Å²) in [5.74, 6) is 0.344. The van der Waals surface area contributed by atoms with E-state index in [2.05, 4.69) is 25.0 Å². The Morgan fingerprint density at radius 1 is 1.04 bits per heavy atom. The van der Waals surface area contributed by atoms with Crippen LogP contribution < -0.4 is 4.72 Å². The van der Waals surface area contributed by atoms with Crippen LogP contribution in [0.1, 0.15) is 5.69 Å². The van der Waals surface area contributed by atoms with Gasteiger partial charge in [-0.2, -0.15) is 15.3 Å². The van der Waals surface area contributed by atoms with Gasteiger partial charge in [0.1, 0.15) is 10.7 Å². The minimum Gasteiger partial charge on any atom is -0.275 e. The van der Waals surface area contributed by atoms with Crippen LogP contribution in [0.4, 0.5) is 5.82 Å². The van der Waals surface area contributed by atoms with Crippen LogP contribution in [0.2, 0.25) is 0 Å². The van der Waals surface area contributed by atoms with E-state index in [1.54, 1.807) is 48.8 Å². The van der Waals surface area contributed by atoms with Crippen LogP contribution in [-0.4, -0.2) is 42.7 Å². The Labute approximate surface area is 155 Å². The van der Waals surface area contributed by atoms with Crippen molar-refractivity contribution < 1.29 is 8.42 Å². The standard InChI is InChI=1S/C16H18N8O2S/c1-10-13-5-12(8-17-16(13)24(4)19-10)27(25,26)21-15-6-14(20-23(15)3)11-7-18-22(2)9-11/h5-9,21H,1-4H3. The van der Waals surface area contributed by atoms with Crippen molar-refractivity contribution in [1.82, 2.24) is 34.3 Å². The molecule has 11 heteroatoms. The summed E-state index contributed by atoms with van der Waals surface area (Å²) in [5, 5.41) is 13.4. The summed E-state index contributed by atoms with van der Waals surface area (Å²) in [6.45, 7) is 1.81. The number of hydrogen-bond acceptors (Lipinski definition) is 6. The molecule has 0 bridgehead atoms. The molecular formula is C16H18N8O2S. The largest absolute Gasteiger partial charge is 0.275 e. The van der Waals surface area contributed by atoms with E-state index < -0.39 is 10.0 Å². The van der Waals surface area contributed by atoms with Crippen LogP contribution in [0.25, 0.3) is 22.3 Å². The summed E-state index contributed by atoms with van der Waals surface area (Å²) >= 11 is 0. The van der Waals surface area contributed by atoms with Crippen molar-refractivity contribution in [3.8, 4) is 11.3 Å². The highest BCUT2D eigenvalue weighted by Crippen LogP contribution is 2.24. The highest BCUT2D eigenvalue weighted by molar-refractivity contribution is 7.92. The third-order valence-electron chi connectivity index (χ3n) is 4.27. The lowest BCUT2D eigenvalue weighted by molar-refractivity contribution is 0.600. The second-order valence-corrected chi connectivity index (χ2v) is 7.98. The number of nitrogens with one attached hydrogen (secondary N) is 1. The number of pyridine rings is 1. The van der Waals surface area contributed by atoms with Gasteiger partial charge >= 0.3 is 0 Å². The molecule has 0 aromatic carbocycles. The molecule has 4 aromatic heterocycles. The highest BCUT2D eigenvalue weighted by Gasteiger charge is 2.20. The van der Waals surface area contributed by atoms with E-state index in [9.17, 15) is 8.42 Å². The Morgan fingerprint density at radius 2 is 1.81 bits per heavy atom. The Bertz CT molecular complexity index is 1270. The fraction of sp³-hybridized carbons (Fsp3) is 0.250. The molecule has 4 heterocycles. The van der Waals surface area contributed by atoms with Crippen molar-refractivity contribution in [1.29, 1.82) is 0 Å². The molecule has 27 heavy (non-hydrogen) atoms. The van der Waals surface area contributed by atoms with Crippen LogP contribution >= 0.6 is 0 Å². The quantitative estimate of drug-likeness (QED) is 0.564. The third kappa shape index (κ3) is 2.95. The van der Waals surface area contributed by atoms with Crippen LogP contribution in [-0.2, 0) is 31.2 Å². The van der Waals surface area contributed by atoms with E-state index >= 15 is 0 Å². The maximum atomic E-state index is 12.8. The summed E-state index contributed by atoms with van der Waals surface area (Å²) in [7, 11) is 1.41. The number of anilines is 1. The highest BCUT2D eigenvalue weighted by atomic mass is 32.2. The fourth-order valence-corrected chi connectivity index (χ4v) is 3.94. The predicted molar refractivity (Wildman–Crippen MR) is 99.5 cm³/mol. The number of nitrogens with zero attached hydrogens (tertiary/aromatic N) is 7. The van der Waals surface area contributed by atoms with E-state index in [0.29, 0.717) is 22.5 Å². The lowest BCUT2D eigenvalue weighted by atomic mass is 10.3. The molecule has 10 nitrogen and oxygen atoms in total. The first-order chi connectivity index (χ1) is 12.7. The molecule has 4 aromatic rings. The summed E-state index contributed by atoms with van der Waals surface area (Å²) in [6.07, 6.45) is 4.80. The van der Waals surface area contributed by atoms with Crippen LogP contribution in [0.15, 0.2) is 35.6 Å². The zero-order valence-corrected chi connectivity index (χ0v) is 16.1. The van der Waals surface area contributed by atoms with Gasteiger partial charge in [-0.1, -0.05) is 0 Å². The molecule has 0 fully saturated rings. The summed E-state index contributed by atoms with van der Waals surface area (Å²) < 4.78 is 33.0. The topological polar surface area (TPSA) is 113 Å². The van der Waals surface area contributed by atoms with Crippen LogP contribution in [0.3, 0.4) is 0 Å². The molecule has 1 N–H and O–H groups in total. The molecule has 0 aliphatic carbocycles.